The van der Waals surface area contributed by atoms with Gasteiger partial charge >= 0.3 is 0 Å². The van der Waals surface area contributed by atoms with Crippen LogP contribution in [0.5, 0.6) is 5.75 Å². The van der Waals surface area contributed by atoms with Crippen molar-refractivity contribution in [2.45, 2.75) is 26.5 Å². The molecule has 21 heavy (non-hydrogen) atoms. The molecule has 0 aliphatic carbocycles. The summed E-state index contributed by atoms with van der Waals surface area (Å²) in [6, 6.07) is 0. The van der Waals surface area contributed by atoms with Crippen molar-refractivity contribution in [1.82, 2.24) is 15.5 Å². The highest BCUT2D eigenvalue weighted by atomic mass is 32.1. The normalized spacial score (nSPS) is 10.7. The molecule has 0 spiro atoms. The number of nitrogen functional groups attached to an aromatic ring is 1. The monoisotopic (exact) mass is 311 g/mol. The Balaban J connectivity index is 2.26. The molecule has 2 rings (SSSR count). The molecular formula is C12H17N5O3S. The van der Waals surface area contributed by atoms with E-state index >= 15 is 0 Å². The Morgan fingerprint density at radius 2 is 2.33 bits per heavy atom. The first-order valence-electron chi connectivity index (χ1n) is 6.33. The number of nitrogens with two attached hydrogens (primary N) is 1. The van der Waals surface area contributed by atoms with Gasteiger partial charge in [0.15, 0.2) is 11.6 Å². The number of nitrogens with one attached hydrogen (secondary N) is 2. The Labute approximate surface area is 125 Å². The third-order valence-electron chi connectivity index (χ3n) is 2.50. The van der Waals surface area contributed by atoms with Crippen LogP contribution < -0.4 is 21.1 Å². The van der Waals surface area contributed by atoms with Crippen LogP contribution in [-0.4, -0.2) is 29.2 Å². The van der Waals surface area contributed by atoms with Gasteiger partial charge in [-0.1, -0.05) is 5.16 Å². The minimum Gasteiger partial charge on any atom is -0.486 e. The first-order valence-corrected chi connectivity index (χ1v) is 7.14. The fourth-order valence-corrected chi connectivity index (χ4v) is 2.61. The van der Waals surface area contributed by atoms with Crippen LogP contribution in [0.25, 0.3) is 0 Å². The lowest BCUT2D eigenvalue weighted by atomic mass is 10.3. The van der Waals surface area contributed by atoms with Gasteiger partial charge in [0.1, 0.15) is 15.6 Å². The van der Waals surface area contributed by atoms with E-state index in [9.17, 15) is 4.79 Å². The van der Waals surface area contributed by atoms with Gasteiger partial charge in [-0.05, 0) is 13.8 Å². The highest BCUT2D eigenvalue weighted by Gasteiger charge is 2.22. The lowest BCUT2D eigenvalue weighted by Crippen LogP contribution is -2.17. The van der Waals surface area contributed by atoms with Crippen LogP contribution in [0.15, 0.2) is 10.9 Å². The summed E-state index contributed by atoms with van der Waals surface area (Å²) in [5, 5.41) is 10.0. The number of rotatable bonds is 6. The summed E-state index contributed by atoms with van der Waals surface area (Å²) in [4.78, 5) is 16.1. The summed E-state index contributed by atoms with van der Waals surface area (Å²) in [7, 11) is 1.55. The standard InChI is InChI=1S/C12H17N5O3S/c1-6(2)20-9-8(13)10(11(18)14-3)21-12(9)15-4-7-16-5-19-17-7/h5-6,15H,4,13H2,1-3H3,(H,14,18). The van der Waals surface area contributed by atoms with Crippen molar-refractivity contribution in [2.24, 2.45) is 0 Å². The molecule has 0 radical (unpaired) electrons. The van der Waals surface area contributed by atoms with E-state index in [0.29, 0.717) is 33.7 Å². The molecule has 114 valence electrons. The van der Waals surface area contributed by atoms with Crippen molar-refractivity contribution in [3.05, 3.63) is 17.1 Å². The summed E-state index contributed by atoms with van der Waals surface area (Å²) in [6.45, 7) is 4.12. The third kappa shape index (κ3) is 3.43. The summed E-state index contributed by atoms with van der Waals surface area (Å²) < 4.78 is 10.4. The second kappa shape index (κ2) is 6.44. The molecule has 0 fully saturated rings. The first kappa shape index (κ1) is 15.1. The van der Waals surface area contributed by atoms with Crippen molar-refractivity contribution in [2.75, 3.05) is 18.1 Å². The maximum atomic E-state index is 11.8. The molecule has 0 saturated carbocycles. The summed E-state index contributed by atoms with van der Waals surface area (Å²) in [6.07, 6.45) is 1.19. The number of hydrogen-bond donors (Lipinski definition) is 3. The van der Waals surface area contributed by atoms with Gasteiger partial charge in [0.25, 0.3) is 5.91 Å². The van der Waals surface area contributed by atoms with E-state index in [-0.39, 0.29) is 12.0 Å². The van der Waals surface area contributed by atoms with E-state index in [4.69, 9.17) is 10.5 Å². The minimum absolute atomic E-state index is 0.0647. The zero-order chi connectivity index (χ0) is 15.4. The molecule has 4 N–H and O–H groups in total. The molecule has 0 aliphatic heterocycles. The maximum Gasteiger partial charge on any atom is 0.263 e. The second-order valence-corrected chi connectivity index (χ2v) is 5.47. The van der Waals surface area contributed by atoms with Crippen LogP contribution in [-0.2, 0) is 6.54 Å². The van der Waals surface area contributed by atoms with E-state index in [1.807, 2.05) is 13.8 Å². The third-order valence-corrected chi connectivity index (χ3v) is 3.64. The van der Waals surface area contributed by atoms with Gasteiger partial charge in [-0.15, -0.1) is 11.3 Å². The highest BCUT2D eigenvalue weighted by Crippen LogP contribution is 2.43. The molecule has 0 aliphatic rings. The van der Waals surface area contributed by atoms with Crippen LogP contribution in [0.1, 0.15) is 29.3 Å². The molecule has 2 aromatic rings. The zero-order valence-electron chi connectivity index (χ0n) is 12.0. The van der Waals surface area contributed by atoms with Crippen LogP contribution >= 0.6 is 11.3 Å². The fourth-order valence-electron chi connectivity index (χ4n) is 1.61. The molecule has 0 unspecified atom stereocenters. The quantitative estimate of drug-likeness (QED) is 0.740. The predicted octanol–water partition coefficient (Wildman–Crippen LogP) is 1.47. The van der Waals surface area contributed by atoms with Crippen molar-refractivity contribution in [1.29, 1.82) is 0 Å². The van der Waals surface area contributed by atoms with Gasteiger partial charge in [-0.2, -0.15) is 4.98 Å². The number of thiophene rings is 1. The van der Waals surface area contributed by atoms with Crippen LogP contribution in [0.4, 0.5) is 10.7 Å². The first-order chi connectivity index (χ1) is 10.0. The fraction of sp³-hybridized carbons (Fsp3) is 0.417. The summed E-state index contributed by atoms with van der Waals surface area (Å²) in [5.41, 5.74) is 6.34. The number of nitrogens with zero attached hydrogens (tertiary/aromatic N) is 2. The largest absolute Gasteiger partial charge is 0.486 e. The number of carbonyl (C=O) groups excluding carboxylic acids is 1. The topological polar surface area (TPSA) is 115 Å². The van der Waals surface area contributed by atoms with Gasteiger partial charge < -0.3 is 25.6 Å². The number of amides is 1. The van der Waals surface area contributed by atoms with Crippen LogP contribution in [0, 0.1) is 0 Å². The van der Waals surface area contributed by atoms with Crippen molar-refractivity contribution < 1.29 is 14.1 Å². The minimum atomic E-state index is -0.251. The SMILES string of the molecule is CNC(=O)c1sc(NCc2ncon2)c(OC(C)C)c1N. The molecule has 2 heterocycles. The zero-order valence-corrected chi connectivity index (χ0v) is 12.8. The Hall–Kier alpha value is -2.29. The molecule has 0 atom stereocenters. The molecule has 2 aromatic heterocycles. The molecule has 9 heteroatoms. The van der Waals surface area contributed by atoms with E-state index in [1.165, 1.54) is 17.7 Å². The average molecular weight is 311 g/mol. The van der Waals surface area contributed by atoms with Crippen molar-refractivity contribution in [3.63, 3.8) is 0 Å². The number of aromatic nitrogens is 2. The molecule has 8 nitrogen and oxygen atoms in total. The van der Waals surface area contributed by atoms with E-state index in [1.54, 1.807) is 7.05 Å². The molecular weight excluding hydrogens is 294 g/mol. The van der Waals surface area contributed by atoms with E-state index in [0.717, 1.165) is 0 Å². The number of ether oxygens (including phenoxy) is 1. The molecule has 0 bridgehead atoms. The summed E-state index contributed by atoms with van der Waals surface area (Å²) in [5.74, 6) is 0.717. The van der Waals surface area contributed by atoms with Gasteiger partial charge in [0, 0.05) is 7.05 Å². The lowest BCUT2D eigenvalue weighted by Gasteiger charge is -2.12. The Morgan fingerprint density at radius 1 is 1.57 bits per heavy atom. The van der Waals surface area contributed by atoms with E-state index < -0.39 is 0 Å². The number of hydrogen-bond acceptors (Lipinski definition) is 8. The van der Waals surface area contributed by atoms with E-state index in [2.05, 4.69) is 25.3 Å². The van der Waals surface area contributed by atoms with Crippen LogP contribution in [0.3, 0.4) is 0 Å². The summed E-state index contributed by atoms with van der Waals surface area (Å²) >= 11 is 1.22. The Kier molecular flexibility index (Phi) is 4.63. The molecule has 0 saturated heterocycles. The Bertz CT molecular complexity index is 609. The highest BCUT2D eigenvalue weighted by molar-refractivity contribution is 7.19. The Morgan fingerprint density at radius 3 is 2.90 bits per heavy atom. The molecule has 1 amide bonds. The van der Waals surface area contributed by atoms with Crippen molar-refractivity contribution >= 4 is 27.9 Å². The average Bonchev–Trinajstić information content (AvgIpc) is 3.06. The van der Waals surface area contributed by atoms with Gasteiger partial charge in [-0.25, -0.2) is 0 Å². The van der Waals surface area contributed by atoms with Gasteiger partial charge in [0.2, 0.25) is 6.39 Å². The number of carbonyl (C=O) groups is 1. The van der Waals surface area contributed by atoms with Crippen molar-refractivity contribution in [3.8, 4) is 5.75 Å². The predicted molar refractivity (Wildman–Crippen MR) is 79.5 cm³/mol. The second-order valence-electron chi connectivity index (χ2n) is 4.45. The van der Waals surface area contributed by atoms with Crippen LogP contribution in [0.2, 0.25) is 0 Å². The smallest absolute Gasteiger partial charge is 0.263 e. The molecule has 0 aromatic carbocycles. The van der Waals surface area contributed by atoms with Gasteiger partial charge in [0.05, 0.1) is 12.6 Å². The lowest BCUT2D eigenvalue weighted by molar-refractivity contribution is 0.0967. The maximum absolute atomic E-state index is 11.8. The number of anilines is 2. The van der Waals surface area contributed by atoms with Gasteiger partial charge in [-0.3, -0.25) is 4.79 Å².